The highest BCUT2D eigenvalue weighted by Gasteiger charge is 2.29. The highest BCUT2D eigenvalue weighted by atomic mass is 32.1. The van der Waals surface area contributed by atoms with Crippen molar-refractivity contribution < 1.29 is 14.0 Å². The zero-order valence-corrected chi connectivity index (χ0v) is 14.4. The van der Waals surface area contributed by atoms with E-state index >= 15 is 0 Å². The molecule has 0 saturated heterocycles. The van der Waals surface area contributed by atoms with Crippen molar-refractivity contribution in [1.29, 1.82) is 0 Å². The van der Waals surface area contributed by atoms with E-state index < -0.39 is 6.04 Å². The first-order valence-electron chi connectivity index (χ1n) is 8.16. The molecule has 3 aromatic rings. The van der Waals surface area contributed by atoms with E-state index in [-0.39, 0.29) is 11.8 Å². The van der Waals surface area contributed by atoms with Crippen molar-refractivity contribution in [2.24, 2.45) is 0 Å². The first-order valence-corrected chi connectivity index (χ1v) is 9.04. The predicted molar refractivity (Wildman–Crippen MR) is 95.9 cm³/mol. The van der Waals surface area contributed by atoms with Crippen molar-refractivity contribution in [3.63, 3.8) is 0 Å². The number of carbonyl (C=O) groups excluding carboxylic acids is 2. The van der Waals surface area contributed by atoms with Gasteiger partial charge in [-0.1, -0.05) is 6.07 Å². The molecule has 2 amide bonds. The minimum atomic E-state index is -0.648. The Bertz CT molecular complexity index is 928. The van der Waals surface area contributed by atoms with Crippen LogP contribution >= 0.6 is 11.3 Å². The summed E-state index contributed by atoms with van der Waals surface area (Å²) in [5, 5.41) is 7.32. The molecule has 0 radical (unpaired) electrons. The number of nitrogens with one attached hydrogen (secondary N) is 2. The van der Waals surface area contributed by atoms with Crippen LogP contribution in [0.25, 0.3) is 11.1 Å². The Morgan fingerprint density at radius 3 is 2.88 bits per heavy atom. The summed E-state index contributed by atoms with van der Waals surface area (Å²) < 4.78 is 5.71. The standard InChI is InChI=1S/C18H17N3O3S/c1-10(19-17(23)15-3-2-8-25-15)16(22)20-12-6-7-14-13(9-12)21-18(24-14)11-4-5-11/h2-3,6-11H,4-5H2,1H3,(H,19,23)(H,20,22). The number of carbonyl (C=O) groups is 2. The van der Waals surface area contributed by atoms with E-state index in [9.17, 15) is 9.59 Å². The monoisotopic (exact) mass is 355 g/mol. The molecule has 0 aliphatic heterocycles. The van der Waals surface area contributed by atoms with E-state index in [0.29, 0.717) is 16.5 Å². The van der Waals surface area contributed by atoms with Crippen LogP contribution in [0.5, 0.6) is 0 Å². The zero-order chi connectivity index (χ0) is 17.4. The van der Waals surface area contributed by atoms with Gasteiger partial charge in [0.15, 0.2) is 11.5 Å². The van der Waals surface area contributed by atoms with Gasteiger partial charge in [-0.2, -0.15) is 0 Å². The Labute approximate surface area is 148 Å². The third-order valence-corrected chi connectivity index (χ3v) is 4.95. The van der Waals surface area contributed by atoms with Crippen LogP contribution in [0.4, 0.5) is 5.69 Å². The summed E-state index contributed by atoms with van der Waals surface area (Å²) in [5.74, 6) is 0.682. The minimum absolute atomic E-state index is 0.251. The van der Waals surface area contributed by atoms with Gasteiger partial charge < -0.3 is 15.1 Å². The van der Waals surface area contributed by atoms with E-state index in [0.717, 1.165) is 29.8 Å². The first-order chi connectivity index (χ1) is 12.1. The summed E-state index contributed by atoms with van der Waals surface area (Å²) in [6.45, 7) is 1.65. The molecule has 7 heteroatoms. The van der Waals surface area contributed by atoms with Crippen LogP contribution in [-0.2, 0) is 4.79 Å². The fourth-order valence-corrected chi connectivity index (χ4v) is 3.15. The highest BCUT2D eigenvalue weighted by Crippen LogP contribution is 2.40. The van der Waals surface area contributed by atoms with Gasteiger partial charge in [-0.25, -0.2) is 4.98 Å². The van der Waals surface area contributed by atoms with Crippen molar-refractivity contribution in [3.8, 4) is 0 Å². The molecule has 1 aromatic carbocycles. The fraction of sp³-hybridized carbons (Fsp3) is 0.278. The van der Waals surface area contributed by atoms with Crippen LogP contribution in [0.15, 0.2) is 40.1 Å². The maximum Gasteiger partial charge on any atom is 0.261 e. The summed E-state index contributed by atoms with van der Waals surface area (Å²) in [4.78, 5) is 29.4. The second-order valence-electron chi connectivity index (χ2n) is 6.17. The molecule has 4 rings (SSSR count). The van der Waals surface area contributed by atoms with Crippen LogP contribution in [0.3, 0.4) is 0 Å². The van der Waals surface area contributed by atoms with E-state index in [2.05, 4.69) is 15.6 Å². The molecule has 1 unspecified atom stereocenters. The lowest BCUT2D eigenvalue weighted by Gasteiger charge is -2.13. The maximum atomic E-state index is 12.3. The lowest BCUT2D eigenvalue weighted by molar-refractivity contribution is -0.117. The van der Waals surface area contributed by atoms with Gasteiger partial charge in [0.2, 0.25) is 5.91 Å². The molecule has 0 spiro atoms. The maximum absolute atomic E-state index is 12.3. The molecule has 2 heterocycles. The van der Waals surface area contributed by atoms with Crippen LogP contribution in [-0.4, -0.2) is 22.8 Å². The van der Waals surface area contributed by atoms with Gasteiger partial charge in [0, 0.05) is 11.6 Å². The second-order valence-corrected chi connectivity index (χ2v) is 7.12. The van der Waals surface area contributed by atoms with E-state index in [1.54, 1.807) is 37.3 Å². The number of hydrogen-bond acceptors (Lipinski definition) is 5. The van der Waals surface area contributed by atoms with Crippen molar-refractivity contribution in [2.75, 3.05) is 5.32 Å². The van der Waals surface area contributed by atoms with Crippen molar-refractivity contribution in [2.45, 2.75) is 31.7 Å². The lowest BCUT2D eigenvalue weighted by Crippen LogP contribution is -2.41. The molecule has 2 aromatic heterocycles. The number of aromatic nitrogens is 1. The number of amides is 2. The minimum Gasteiger partial charge on any atom is -0.440 e. The molecule has 25 heavy (non-hydrogen) atoms. The number of benzene rings is 1. The fourth-order valence-electron chi connectivity index (χ4n) is 2.52. The zero-order valence-electron chi connectivity index (χ0n) is 13.6. The van der Waals surface area contributed by atoms with Crippen molar-refractivity contribution >= 4 is 39.9 Å². The molecule has 2 N–H and O–H groups in total. The number of nitrogens with zero attached hydrogens (tertiary/aromatic N) is 1. The average molecular weight is 355 g/mol. The van der Waals surface area contributed by atoms with Crippen LogP contribution in [0.1, 0.15) is 41.2 Å². The van der Waals surface area contributed by atoms with Crippen molar-refractivity contribution in [1.82, 2.24) is 10.3 Å². The summed E-state index contributed by atoms with van der Waals surface area (Å²) >= 11 is 1.34. The predicted octanol–water partition coefficient (Wildman–Crippen LogP) is 3.52. The Balaban J connectivity index is 1.42. The Kier molecular flexibility index (Phi) is 4.01. The molecule has 0 bridgehead atoms. The molecule has 6 nitrogen and oxygen atoms in total. The number of anilines is 1. The normalized spacial score (nSPS) is 15.1. The average Bonchev–Trinajstić information content (AvgIpc) is 3.13. The molecular formula is C18H17N3O3S. The van der Waals surface area contributed by atoms with E-state index in [4.69, 9.17) is 4.42 Å². The van der Waals surface area contributed by atoms with Gasteiger partial charge in [0.05, 0.1) is 4.88 Å². The van der Waals surface area contributed by atoms with Gasteiger partial charge in [-0.3, -0.25) is 9.59 Å². The third-order valence-electron chi connectivity index (χ3n) is 4.08. The number of rotatable bonds is 5. The third kappa shape index (κ3) is 3.41. The quantitative estimate of drug-likeness (QED) is 0.733. The largest absolute Gasteiger partial charge is 0.440 e. The van der Waals surface area contributed by atoms with Gasteiger partial charge in [0.1, 0.15) is 11.6 Å². The Morgan fingerprint density at radius 2 is 2.16 bits per heavy atom. The topological polar surface area (TPSA) is 84.2 Å². The van der Waals surface area contributed by atoms with Gasteiger partial charge in [-0.05, 0) is 49.4 Å². The molecule has 1 aliphatic carbocycles. The summed E-state index contributed by atoms with van der Waals surface area (Å²) in [6.07, 6.45) is 2.25. The number of oxazole rings is 1. The first kappa shape index (κ1) is 15.8. The molecular weight excluding hydrogens is 338 g/mol. The smallest absolute Gasteiger partial charge is 0.261 e. The summed E-state index contributed by atoms with van der Waals surface area (Å²) in [5.41, 5.74) is 2.08. The van der Waals surface area contributed by atoms with Crippen molar-refractivity contribution in [3.05, 3.63) is 46.5 Å². The Morgan fingerprint density at radius 1 is 1.32 bits per heavy atom. The Hall–Kier alpha value is -2.67. The number of fused-ring (bicyclic) bond motifs is 1. The molecule has 128 valence electrons. The van der Waals surface area contributed by atoms with Crippen LogP contribution in [0, 0.1) is 0 Å². The van der Waals surface area contributed by atoms with Gasteiger partial charge >= 0.3 is 0 Å². The number of thiophene rings is 1. The van der Waals surface area contributed by atoms with E-state index in [1.165, 1.54) is 11.3 Å². The summed E-state index contributed by atoms with van der Waals surface area (Å²) in [7, 11) is 0. The SMILES string of the molecule is CC(NC(=O)c1cccs1)C(=O)Nc1ccc2oc(C3CC3)nc2c1. The molecule has 1 aliphatic rings. The van der Waals surface area contributed by atoms with Gasteiger partial charge in [-0.15, -0.1) is 11.3 Å². The highest BCUT2D eigenvalue weighted by molar-refractivity contribution is 7.12. The second kappa shape index (κ2) is 6.33. The lowest BCUT2D eigenvalue weighted by atomic mass is 10.2. The van der Waals surface area contributed by atoms with Crippen LogP contribution in [0.2, 0.25) is 0 Å². The number of hydrogen-bond donors (Lipinski definition) is 2. The van der Waals surface area contributed by atoms with E-state index in [1.807, 2.05) is 5.38 Å². The molecule has 1 saturated carbocycles. The molecule has 1 atom stereocenters. The van der Waals surface area contributed by atoms with Gasteiger partial charge in [0.25, 0.3) is 5.91 Å². The molecule has 1 fully saturated rings. The van der Waals surface area contributed by atoms with Crippen LogP contribution < -0.4 is 10.6 Å². The summed E-state index contributed by atoms with van der Waals surface area (Å²) in [6, 6.07) is 8.24.